The van der Waals surface area contributed by atoms with Gasteiger partial charge >= 0.3 is 12.1 Å². The van der Waals surface area contributed by atoms with Crippen LogP contribution in [0.25, 0.3) is 5.57 Å². The number of nitrogens with zero attached hydrogens (tertiary/aromatic N) is 2. The molecule has 1 atom stereocenters. The van der Waals surface area contributed by atoms with Gasteiger partial charge in [0.2, 0.25) is 11.8 Å². The third kappa shape index (κ3) is 6.09. The average Bonchev–Trinajstić information content (AvgIpc) is 3.23. The Morgan fingerprint density at radius 1 is 1.12 bits per heavy atom. The molecule has 0 aliphatic carbocycles. The molecule has 0 saturated carbocycles. The van der Waals surface area contributed by atoms with E-state index in [4.69, 9.17) is 13.9 Å². The van der Waals surface area contributed by atoms with Crippen LogP contribution in [0.15, 0.2) is 64.9 Å². The first kappa shape index (κ1) is 23.8. The molecular weight excluding hydrogens is 424 g/mol. The van der Waals surface area contributed by atoms with Crippen LogP contribution >= 0.6 is 0 Å². The molecule has 9 heteroatoms. The lowest BCUT2D eigenvalue weighted by Gasteiger charge is -2.29. The van der Waals surface area contributed by atoms with Crippen molar-refractivity contribution in [3.63, 3.8) is 0 Å². The number of ether oxygens (including phenoxy) is 2. The zero-order chi connectivity index (χ0) is 24.2. The number of allylic oxidation sites excluding steroid dienone is 3. The van der Waals surface area contributed by atoms with Crippen LogP contribution in [0.1, 0.15) is 45.0 Å². The summed E-state index contributed by atoms with van der Waals surface area (Å²) in [5, 5.41) is 14.1. The number of aromatic nitrogens is 2. The monoisotopic (exact) mass is 452 g/mol. The van der Waals surface area contributed by atoms with Gasteiger partial charge in [-0.15, -0.1) is 10.2 Å². The van der Waals surface area contributed by atoms with Gasteiger partial charge in [0.25, 0.3) is 0 Å². The molecule has 0 radical (unpaired) electrons. The van der Waals surface area contributed by atoms with E-state index in [1.807, 2.05) is 30.3 Å². The fourth-order valence-electron chi connectivity index (χ4n) is 3.24. The average molecular weight is 453 g/mol. The van der Waals surface area contributed by atoms with Gasteiger partial charge in [0.05, 0.1) is 7.11 Å². The lowest BCUT2D eigenvalue weighted by Crippen LogP contribution is -2.47. The lowest BCUT2D eigenvalue weighted by molar-refractivity contribution is -0.136. The van der Waals surface area contributed by atoms with E-state index in [-0.39, 0.29) is 17.5 Å². The summed E-state index contributed by atoms with van der Waals surface area (Å²) in [5.74, 6) is -0.202. The van der Waals surface area contributed by atoms with Crippen molar-refractivity contribution in [2.45, 2.75) is 45.3 Å². The fourth-order valence-corrected chi connectivity index (χ4v) is 3.24. The second-order valence-corrected chi connectivity index (χ2v) is 8.83. The van der Waals surface area contributed by atoms with E-state index in [9.17, 15) is 9.59 Å². The molecule has 9 nitrogen and oxygen atoms in total. The fraction of sp³-hybridized carbons (Fsp3) is 0.333. The molecule has 2 N–H and O–H groups in total. The van der Waals surface area contributed by atoms with Crippen molar-refractivity contribution >= 4 is 17.6 Å². The normalized spacial score (nSPS) is 15.5. The van der Waals surface area contributed by atoms with E-state index in [0.29, 0.717) is 17.7 Å². The maximum atomic E-state index is 12.6. The van der Waals surface area contributed by atoms with Crippen LogP contribution in [0.2, 0.25) is 0 Å². The largest absolute Gasteiger partial charge is 0.464 e. The molecule has 0 saturated heterocycles. The van der Waals surface area contributed by atoms with Crippen LogP contribution in [0.3, 0.4) is 0 Å². The number of esters is 1. The molecule has 0 spiro atoms. The summed E-state index contributed by atoms with van der Waals surface area (Å²) in [7, 11) is 1.29. The van der Waals surface area contributed by atoms with Crippen molar-refractivity contribution in [3.05, 3.63) is 77.8 Å². The van der Waals surface area contributed by atoms with Crippen LogP contribution in [0.4, 0.5) is 4.79 Å². The van der Waals surface area contributed by atoms with Crippen LogP contribution in [-0.4, -0.2) is 35.0 Å². The number of benzene rings is 1. The number of dihydropyridines is 1. The van der Waals surface area contributed by atoms with Crippen molar-refractivity contribution < 1.29 is 23.5 Å². The number of hydrogen-bond acceptors (Lipinski definition) is 8. The molecule has 33 heavy (non-hydrogen) atoms. The van der Waals surface area contributed by atoms with E-state index >= 15 is 0 Å². The van der Waals surface area contributed by atoms with Crippen LogP contribution in [0, 0.1) is 0 Å². The molecule has 3 rings (SSSR count). The number of alkyl carbamates (subject to hydrolysis) is 1. The lowest BCUT2D eigenvalue weighted by atomic mass is 9.92. The van der Waals surface area contributed by atoms with Gasteiger partial charge < -0.3 is 24.5 Å². The Kier molecular flexibility index (Phi) is 6.71. The van der Waals surface area contributed by atoms with Gasteiger partial charge in [0, 0.05) is 17.7 Å². The highest BCUT2D eigenvalue weighted by molar-refractivity contribution is 5.93. The summed E-state index contributed by atoms with van der Waals surface area (Å²) < 4.78 is 16.2. The quantitative estimate of drug-likeness (QED) is 0.639. The smallest absolute Gasteiger partial charge is 0.408 e. The first-order valence-corrected chi connectivity index (χ1v) is 10.4. The second kappa shape index (κ2) is 9.32. The maximum absolute atomic E-state index is 12.6. The van der Waals surface area contributed by atoms with Crippen LogP contribution in [-0.2, 0) is 26.2 Å². The zero-order valence-corrected chi connectivity index (χ0v) is 19.4. The highest BCUT2D eigenvalue weighted by Crippen LogP contribution is 2.29. The Hall–Kier alpha value is -3.88. The van der Waals surface area contributed by atoms with Gasteiger partial charge in [0.1, 0.15) is 16.8 Å². The van der Waals surface area contributed by atoms with Gasteiger partial charge in [-0.05, 0) is 45.4 Å². The number of carbonyl (C=O) groups is 2. The molecule has 1 amide bonds. The summed E-state index contributed by atoms with van der Waals surface area (Å²) in [6, 6.07) is 9.61. The van der Waals surface area contributed by atoms with Crippen molar-refractivity contribution in [3.8, 4) is 0 Å². The first-order chi connectivity index (χ1) is 15.5. The number of rotatable bonds is 6. The number of amides is 1. The minimum atomic E-state index is -1.06. The first-order valence-electron chi connectivity index (χ1n) is 10.4. The van der Waals surface area contributed by atoms with Gasteiger partial charge in [-0.1, -0.05) is 36.9 Å². The summed E-state index contributed by atoms with van der Waals surface area (Å²) in [6.45, 7) is 11.0. The molecule has 1 aromatic carbocycles. The number of methoxy groups -OCH3 is 1. The van der Waals surface area contributed by atoms with E-state index in [2.05, 4.69) is 27.4 Å². The molecular formula is C24H28N4O5. The molecule has 1 aliphatic heterocycles. The highest BCUT2D eigenvalue weighted by atomic mass is 16.6. The van der Waals surface area contributed by atoms with E-state index in [1.54, 1.807) is 33.8 Å². The topological polar surface area (TPSA) is 116 Å². The summed E-state index contributed by atoms with van der Waals surface area (Å²) >= 11 is 0. The number of nitrogens with one attached hydrogen (secondary N) is 2. The van der Waals surface area contributed by atoms with Gasteiger partial charge in [-0.25, -0.2) is 9.59 Å². The van der Waals surface area contributed by atoms with Crippen molar-refractivity contribution in [2.24, 2.45) is 0 Å². The Morgan fingerprint density at radius 3 is 2.45 bits per heavy atom. The third-order valence-electron chi connectivity index (χ3n) is 4.65. The molecule has 1 aliphatic rings. The minimum absolute atomic E-state index is 0.166. The number of carbonyl (C=O) groups excluding carboxylic acids is 2. The summed E-state index contributed by atoms with van der Waals surface area (Å²) in [6.07, 6.45) is 2.97. The van der Waals surface area contributed by atoms with E-state index in [0.717, 1.165) is 5.56 Å². The summed E-state index contributed by atoms with van der Waals surface area (Å²) in [5.41, 5.74) is 0.363. The Balaban J connectivity index is 1.95. The standard InChI is InChI=1S/C24H28N4O5/c1-15-12-17(13-18(25-15)20(29)31-6)19-27-28-21(32-19)24(5,14-16-10-8-7-9-11-16)26-22(30)33-23(2,3)4/h7-13,25H,1,14H2,2-6H3,(H,26,30). The predicted molar refractivity (Wildman–Crippen MR) is 122 cm³/mol. The highest BCUT2D eigenvalue weighted by Gasteiger charge is 2.37. The molecule has 0 fully saturated rings. The Bertz CT molecular complexity index is 1110. The van der Waals surface area contributed by atoms with Crippen LogP contribution < -0.4 is 10.6 Å². The zero-order valence-electron chi connectivity index (χ0n) is 19.4. The van der Waals surface area contributed by atoms with Crippen LogP contribution in [0.5, 0.6) is 0 Å². The number of hydrogen-bond donors (Lipinski definition) is 2. The summed E-state index contributed by atoms with van der Waals surface area (Å²) in [4.78, 5) is 24.6. The van der Waals surface area contributed by atoms with E-state index < -0.39 is 23.2 Å². The molecule has 2 aromatic rings. The third-order valence-corrected chi connectivity index (χ3v) is 4.65. The minimum Gasteiger partial charge on any atom is -0.464 e. The maximum Gasteiger partial charge on any atom is 0.408 e. The molecule has 1 aromatic heterocycles. The Morgan fingerprint density at radius 2 is 1.82 bits per heavy atom. The molecule has 174 valence electrons. The predicted octanol–water partition coefficient (Wildman–Crippen LogP) is 3.61. The molecule has 1 unspecified atom stereocenters. The second-order valence-electron chi connectivity index (χ2n) is 8.83. The molecule has 0 bridgehead atoms. The van der Waals surface area contributed by atoms with Crippen molar-refractivity contribution in [1.82, 2.24) is 20.8 Å². The molecule has 2 heterocycles. The van der Waals surface area contributed by atoms with E-state index in [1.165, 1.54) is 13.2 Å². The van der Waals surface area contributed by atoms with Gasteiger partial charge in [-0.3, -0.25) is 0 Å². The van der Waals surface area contributed by atoms with Gasteiger partial charge in [0.15, 0.2) is 0 Å². The Labute approximate surface area is 192 Å². The van der Waals surface area contributed by atoms with Gasteiger partial charge in [-0.2, -0.15) is 0 Å². The van der Waals surface area contributed by atoms with Crippen molar-refractivity contribution in [1.29, 1.82) is 0 Å². The van der Waals surface area contributed by atoms with Crippen molar-refractivity contribution in [2.75, 3.05) is 7.11 Å². The SMILES string of the molecule is C=C1C=C(c2nnc(C(C)(Cc3ccccc3)NC(=O)OC(C)(C)C)o2)C=C(C(=O)OC)N1.